The minimum atomic E-state index is -0.975. The summed E-state index contributed by atoms with van der Waals surface area (Å²) in [6.07, 6.45) is 4.42. The number of nitrogens with one attached hydrogen (secondary N) is 1. The van der Waals surface area contributed by atoms with Gasteiger partial charge in [-0.25, -0.2) is 9.79 Å². The smallest absolute Gasteiger partial charge is 0.335 e. The second kappa shape index (κ2) is 10.8. The lowest BCUT2D eigenvalue weighted by molar-refractivity contribution is 0.0696. The molecule has 0 unspecified atom stereocenters. The van der Waals surface area contributed by atoms with E-state index < -0.39 is 5.97 Å². The number of anilines is 1. The standard InChI is InChI=1S/C31H29ClN2O4S/c1-31(2,3)20-8-14-24-26(16-20)39-29(27(24)28(35)34-22-11-9-21(32)10-12-22)33-17-23-13-15-25(38-23)18-4-6-19(7-5-18)30(36)37/h4-7,9-13,15,17,20H,8,14,16H2,1-3H3,(H,34,35)(H,36,37)/t20-/m0/s1. The van der Waals surface area contributed by atoms with Gasteiger partial charge >= 0.3 is 5.97 Å². The molecule has 0 spiro atoms. The number of aromatic carboxylic acids is 1. The van der Waals surface area contributed by atoms with Gasteiger partial charge in [0.15, 0.2) is 0 Å². The third-order valence-corrected chi connectivity index (χ3v) is 8.57. The number of aliphatic imine (C=N–C) groups is 1. The third-order valence-electron chi connectivity index (χ3n) is 7.15. The normalized spacial score (nSPS) is 15.3. The van der Waals surface area contributed by atoms with E-state index in [1.165, 1.54) is 4.88 Å². The molecule has 1 atom stereocenters. The van der Waals surface area contributed by atoms with Crippen molar-refractivity contribution in [3.63, 3.8) is 0 Å². The fourth-order valence-corrected chi connectivity index (χ4v) is 6.23. The summed E-state index contributed by atoms with van der Waals surface area (Å²) >= 11 is 7.59. The summed E-state index contributed by atoms with van der Waals surface area (Å²) in [7, 11) is 0. The predicted molar refractivity (Wildman–Crippen MR) is 157 cm³/mol. The number of amides is 1. The number of benzene rings is 2. The molecule has 200 valence electrons. The Bertz CT molecular complexity index is 1540. The number of furan rings is 1. The number of fused-ring (bicyclic) bond motifs is 1. The van der Waals surface area contributed by atoms with E-state index in [4.69, 9.17) is 26.1 Å². The van der Waals surface area contributed by atoms with E-state index >= 15 is 0 Å². The quantitative estimate of drug-likeness (QED) is 0.231. The number of hydrogen-bond donors (Lipinski definition) is 2. The molecule has 2 aromatic carbocycles. The third kappa shape index (κ3) is 6.00. The summed E-state index contributed by atoms with van der Waals surface area (Å²) in [5.41, 5.74) is 3.54. The summed E-state index contributed by atoms with van der Waals surface area (Å²) in [4.78, 5) is 30.6. The van der Waals surface area contributed by atoms with E-state index in [9.17, 15) is 9.59 Å². The first-order chi connectivity index (χ1) is 18.6. The second-order valence-corrected chi connectivity index (χ2v) is 12.3. The van der Waals surface area contributed by atoms with Crippen molar-refractivity contribution >= 4 is 51.7 Å². The molecule has 39 heavy (non-hydrogen) atoms. The van der Waals surface area contributed by atoms with Crippen LogP contribution in [0, 0.1) is 11.3 Å². The van der Waals surface area contributed by atoms with Crippen LogP contribution in [0.3, 0.4) is 0 Å². The number of carbonyl (C=O) groups excluding carboxylic acids is 1. The van der Waals surface area contributed by atoms with Crippen molar-refractivity contribution in [3.8, 4) is 11.3 Å². The highest BCUT2D eigenvalue weighted by atomic mass is 35.5. The van der Waals surface area contributed by atoms with Gasteiger partial charge < -0.3 is 14.8 Å². The van der Waals surface area contributed by atoms with Crippen LogP contribution in [-0.2, 0) is 12.8 Å². The van der Waals surface area contributed by atoms with Crippen molar-refractivity contribution in [3.05, 3.63) is 93.0 Å². The van der Waals surface area contributed by atoms with Crippen LogP contribution in [0.25, 0.3) is 11.3 Å². The molecule has 0 saturated carbocycles. The summed E-state index contributed by atoms with van der Waals surface area (Å²) in [6, 6.07) is 17.2. The number of rotatable bonds is 6. The highest BCUT2D eigenvalue weighted by molar-refractivity contribution is 7.16. The number of carbonyl (C=O) groups is 2. The minimum Gasteiger partial charge on any atom is -0.478 e. The van der Waals surface area contributed by atoms with Crippen molar-refractivity contribution in [1.82, 2.24) is 0 Å². The van der Waals surface area contributed by atoms with Crippen molar-refractivity contribution in [1.29, 1.82) is 0 Å². The largest absolute Gasteiger partial charge is 0.478 e. The van der Waals surface area contributed by atoms with Gasteiger partial charge in [0.25, 0.3) is 5.91 Å². The predicted octanol–water partition coefficient (Wildman–Crippen LogP) is 8.51. The van der Waals surface area contributed by atoms with Crippen LogP contribution in [0.15, 0.2) is 70.1 Å². The summed E-state index contributed by atoms with van der Waals surface area (Å²) in [5.74, 6) is 0.516. The Labute approximate surface area is 236 Å². The first-order valence-electron chi connectivity index (χ1n) is 12.8. The fourth-order valence-electron chi connectivity index (χ4n) is 4.84. The van der Waals surface area contributed by atoms with Gasteiger partial charge in [0, 0.05) is 21.2 Å². The van der Waals surface area contributed by atoms with Crippen molar-refractivity contribution in [2.75, 3.05) is 5.32 Å². The van der Waals surface area contributed by atoms with Gasteiger partial charge in [-0.3, -0.25) is 4.79 Å². The van der Waals surface area contributed by atoms with E-state index in [-0.39, 0.29) is 16.9 Å². The minimum absolute atomic E-state index is 0.185. The van der Waals surface area contributed by atoms with Crippen molar-refractivity contribution in [2.45, 2.75) is 40.0 Å². The maximum absolute atomic E-state index is 13.5. The SMILES string of the molecule is CC(C)(C)[C@H]1CCc2c(sc(N=Cc3ccc(-c4ccc(C(=O)O)cc4)o3)c2C(=O)Nc2ccc(Cl)cc2)C1. The highest BCUT2D eigenvalue weighted by Crippen LogP contribution is 2.45. The molecule has 6 nitrogen and oxygen atoms in total. The lowest BCUT2D eigenvalue weighted by Crippen LogP contribution is -2.27. The van der Waals surface area contributed by atoms with Gasteiger partial charge in [-0.1, -0.05) is 44.5 Å². The zero-order chi connectivity index (χ0) is 27.7. The molecule has 2 N–H and O–H groups in total. The lowest BCUT2D eigenvalue weighted by Gasteiger charge is -2.33. The molecule has 0 aliphatic heterocycles. The monoisotopic (exact) mass is 560 g/mol. The van der Waals surface area contributed by atoms with Crippen LogP contribution >= 0.6 is 22.9 Å². The zero-order valence-electron chi connectivity index (χ0n) is 22.0. The van der Waals surface area contributed by atoms with Crippen LogP contribution in [0.4, 0.5) is 10.7 Å². The Balaban J connectivity index is 1.44. The molecule has 5 rings (SSSR count). The highest BCUT2D eigenvalue weighted by Gasteiger charge is 2.33. The van der Waals surface area contributed by atoms with Gasteiger partial charge in [0.1, 0.15) is 16.5 Å². The molecule has 1 amide bonds. The van der Waals surface area contributed by atoms with E-state index in [1.807, 2.05) is 6.07 Å². The van der Waals surface area contributed by atoms with Gasteiger partial charge in [0.2, 0.25) is 0 Å². The molecule has 0 saturated heterocycles. The number of halogens is 1. The van der Waals surface area contributed by atoms with Gasteiger partial charge in [-0.2, -0.15) is 0 Å². The Hall–Kier alpha value is -3.68. The number of thiophene rings is 1. The zero-order valence-corrected chi connectivity index (χ0v) is 23.5. The Morgan fingerprint density at radius 2 is 1.79 bits per heavy atom. The Kier molecular flexibility index (Phi) is 7.47. The molecule has 1 aliphatic rings. The maximum atomic E-state index is 13.5. The number of nitrogens with zero attached hydrogens (tertiary/aromatic N) is 1. The molecular formula is C31H29ClN2O4S. The fraction of sp³-hybridized carbons (Fsp3) is 0.258. The van der Waals surface area contributed by atoms with Crippen LogP contribution < -0.4 is 5.32 Å². The number of carboxylic acid groups (broad SMARTS) is 1. The molecule has 2 aromatic heterocycles. The average Bonchev–Trinajstić information content (AvgIpc) is 3.52. The van der Waals surface area contributed by atoms with Crippen LogP contribution in [0.1, 0.15) is 64.1 Å². The van der Waals surface area contributed by atoms with Gasteiger partial charge in [-0.05, 0) is 84.7 Å². The summed E-state index contributed by atoms with van der Waals surface area (Å²) in [6.45, 7) is 6.81. The summed E-state index contributed by atoms with van der Waals surface area (Å²) in [5, 5.41) is 13.4. The Morgan fingerprint density at radius 3 is 2.46 bits per heavy atom. The topological polar surface area (TPSA) is 91.9 Å². The lowest BCUT2D eigenvalue weighted by atomic mass is 9.72. The molecule has 8 heteroatoms. The van der Waals surface area contributed by atoms with Crippen molar-refractivity contribution in [2.24, 2.45) is 16.3 Å². The first-order valence-corrected chi connectivity index (χ1v) is 14.0. The van der Waals surface area contributed by atoms with E-state index in [2.05, 4.69) is 26.1 Å². The number of carboxylic acids is 1. The van der Waals surface area contributed by atoms with Crippen LogP contribution in [0.2, 0.25) is 5.02 Å². The molecule has 0 bridgehead atoms. The molecular weight excluding hydrogens is 532 g/mol. The summed E-state index contributed by atoms with van der Waals surface area (Å²) < 4.78 is 5.96. The van der Waals surface area contributed by atoms with E-state index in [0.29, 0.717) is 38.7 Å². The average molecular weight is 561 g/mol. The first kappa shape index (κ1) is 26.9. The molecule has 4 aromatic rings. The van der Waals surface area contributed by atoms with Crippen LogP contribution in [0.5, 0.6) is 0 Å². The van der Waals surface area contributed by atoms with Gasteiger partial charge in [0.05, 0.1) is 17.3 Å². The Morgan fingerprint density at radius 1 is 1.08 bits per heavy atom. The molecule has 0 fully saturated rings. The molecule has 1 aliphatic carbocycles. The van der Waals surface area contributed by atoms with Crippen molar-refractivity contribution < 1.29 is 19.1 Å². The van der Waals surface area contributed by atoms with Crippen LogP contribution in [-0.4, -0.2) is 23.2 Å². The molecule has 2 heterocycles. The van der Waals surface area contributed by atoms with Gasteiger partial charge in [-0.15, -0.1) is 11.3 Å². The molecule has 0 radical (unpaired) electrons. The second-order valence-electron chi connectivity index (χ2n) is 10.8. The van der Waals surface area contributed by atoms with E-state index in [0.717, 1.165) is 30.4 Å². The number of hydrogen-bond acceptors (Lipinski definition) is 5. The van der Waals surface area contributed by atoms with E-state index in [1.54, 1.807) is 72.1 Å². The maximum Gasteiger partial charge on any atom is 0.335 e.